The summed E-state index contributed by atoms with van der Waals surface area (Å²) in [5, 5.41) is 18.3. The number of ether oxygens (including phenoxy) is 2. The number of para-hydroxylation sites is 1. The van der Waals surface area contributed by atoms with Crippen molar-refractivity contribution in [3.63, 3.8) is 0 Å². The summed E-state index contributed by atoms with van der Waals surface area (Å²) in [5.74, 6) is -0.592. The van der Waals surface area contributed by atoms with Crippen LogP contribution in [0.15, 0.2) is 53.4 Å². The van der Waals surface area contributed by atoms with Crippen molar-refractivity contribution in [2.45, 2.75) is 50.7 Å². The van der Waals surface area contributed by atoms with Crippen molar-refractivity contribution >= 4 is 27.0 Å². The zero-order chi connectivity index (χ0) is 28.8. The minimum absolute atomic E-state index is 0.120. The van der Waals surface area contributed by atoms with Crippen LogP contribution in [0.5, 0.6) is 11.5 Å². The summed E-state index contributed by atoms with van der Waals surface area (Å²) in [5.41, 5.74) is 5.39. The molecule has 2 heterocycles. The quantitative estimate of drug-likeness (QED) is 0.355. The molecular weight excluding hydrogens is 532 g/mol. The summed E-state index contributed by atoms with van der Waals surface area (Å²) < 4.78 is 41.9. The number of nitrogens with zero attached hydrogens (tertiary/aromatic N) is 4. The van der Waals surface area contributed by atoms with Gasteiger partial charge in [-0.25, -0.2) is 13.1 Å². The number of hydrogen-bond acceptors (Lipinski definition) is 7. The van der Waals surface area contributed by atoms with Crippen LogP contribution in [0, 0.1) is 13.8 Å². The topological polar surface area (TPSA) is 124 Å². The van der Waals surface area contributed by atoms with Crippen LogP contribution in [0.3, 0.4) is 0 Å². The standard InChI is InChI=1S/C29H32N4O6S/c1-17-10-11-20(12-21(17)16-33-15-18(2)39-24-8-6-7-9-26(24)40(33,36)37)23(14-27(34)35)22-13-25(38-5)29-28(19(22)3)30-31-32(29)4/h6-13,18,23H,14-16H2,1-5H3,(H,34,35)/t18-,23?/m1/s1. The number of fused-ring (bicyclic) bond motifs is 2. The van der Waals surface area contributed by atoms with E-state index >= 15 is 0 Å². The summed E-state index contributed by atoms with van der Waals surface area (Å²) >= 11 is 0. The molecule has 0 saturated carbocycles. The highest BCUT2D eigenvalue weighted by Crippen LogP contribution is 2.39. The lowest BCUT2D eigenvalue weighted by molar-refractivity contribution is -0.137. The Bertz CT molecular complexity index is 1720. The number of sulfonamides is 1. The number of aliphatic carboxylic acids is 1. The van der Waals surface area contributed by atoms with Crippen LogP contribution in [-0.2, 0) is 28.4 Å². The molecule has 1 aromatic heterocycles. The maximum atomic E-state index is 13.7. The second-order valence-corrected chi connectivity index (χ2v) is 12.1. The number of rotatable bonds is 7. The number of aromatic nitrogens is 3. The summed E-state index contributed by atoms with van der Waals surface area (Å²) in [4.78, 5) is 12.2. The Hall–Kier alpha value is -3.96. The van der Waals surface area contributed by atoms with E-state index in [0.717, 1.165) is 33.3 Å². The smallest absolute Gasteiger partial charge is 0.304 e. The number of hydrogen-bond donors (Lipinski definition) is 1. The van der Waals surface area contributed by atoms with Crippen LogP contribution in [0.4, 0.5) is 0 Å². The van der Waals surface area contributed by atoms with Gasteiger partial charge in [-0.05, 0) is 66.8 Å². The van der Waals surface area contributed by atoms with Crippen molar-refractivity contribution in [1.29, 1.82) is 0 Å². The molecule has 4 aromatic rings. The van der Waals surface area contributed by atoms with Gasteiger partial charge in [0.1, 0.15) is 33.5 Å². The Kier molecular flexibility index (Phi) is 7.28. The van der Waals surface area contributed by atoms with E-state index in [4.69, 9.17) is 9.47 Å². The minimum Gasteiger partial charge on any atom is -0.494 e. The van der Waals surface area contributed by atoms with Crippen molar-refractivity contribution in [3.05, 3.63) is 76.3 Å². The normalized spacial score (nSPS) is 17.6. The summed E-state index contributed by atoms with van der Waals surface area (Å²) in [7, 11) is -0.495. The Balaban J connectivity index is 1.59. The van der Waals surface area contributed by atoms with E-state index in [1.165, 1.54) is 4.31 Å². The van der Waals surface area contributed by atoms with Gasteiger partial charge in [-0.3, -0.25) is 4.79 Å². The van der Waals surface area contributed by atoms with Gasteiger partial charge in [0.15, 0.2) is 0 Å². The molecule has 5 rings (SSSR count). The molecule has 10 nitrogen and oxygen atoms in total. The number of carbonyl (C=O) groups is 1. The fourth-order valence-electron chi connectivity index (χ4n) is 5.40. The van der Waals surface area contributed by atoms with Crippen molar-refractivity contribution in [3.8, 4) is 11.5 Å². The zero-order valence-electron chi connectivity index (χ0n) is 23.1. The summed E-state index contributed by atoms with van der Waals surface area (Å²) in [6.45, 7) is 5.96. The van der Waals surface area contributed by atoms with Crippen LogP contribution in [0.2, 0.25) is 0 Å². The number of aryl methyl sites for hydroxylation is 3. The van der Waals surface area contributed by atoms with Crippen molar-refractivity contribution in [2.75, 3.05) is 13.7 Å². The maximum absolute atomic E-state index is 13.7. The van der Waals surface area contributed by atoms with E-state index in [2.05, 4.69) is 10.3 Å². The van der Waals surface area contributed by atoms with Crippen LogP contribution in [0.25, 0.3) is 11.0 Å². The first-order valence-electron chi connectivity index (χ1n) is 12.9. The van der Waals surface area contributed by atoms with Gasteiger partial charge < -0.3 is 14.6 Å². The zero-order valence-corrected chi connectivity index (χ0v) is 23.9. The Morgan fingerprint density at radius 2 is 1.95 bits per heavy atom. The third kappa shape index (κ3) is 4.90. The highest BCUT2D eigenvalue weighted by molar-refractivity contribution is 7.89. The number of carboxylic acids is 1. The first kappa shape index (κ1) is 27.6. The Morgan fingerprint density at radius 3 is 2.67 bits per heavy atom. The van der Waals surface area contributed by atoms with E-state index in [0.29, 0.717) is 17.0 Å². The first-order chi connectivity index (χ1) is 19.0. The molecule has 0 fully saturated rings. The third-order valence-corrected chi connectivity index (χ3v) is 9.34. The van der Waals surface area contributed by atoms with Gasteiger partial charge in [0.05, 0.1) is 20.1 Å². The lowest BCUT2D eigenvalue weighted by Crippen LogP contribution is -2.35. The van der Waals surface area contributed by atoms with Gasteiger partial charge in [-0.2, -0.15) is 4.31 Å². The van der Waals surface area contributed by atoms with Gasteiger partial charge in [0, 0.05) is 19.5 Å². The van der Waals surface area contributed by atoms with E-state index in [-0.39, 0.29) is 30.5 Å². The van der Waals surface area contributed by atoms with Gasteiger partial charge in [0.2, 0.25) is 10.0 Å². The molecule has 1 N–H and O–H groups in total. The van der Waals surface area contributed by atoms with Gasteiger partial charge in [0.25, 0.3) is 0 Å². The highest BCUT2D eigenvalue weighted by atomic mass is 32.2. The average Bonchev–Trinajstić information content (AvgIpc) is 3.27. The molecule has 0 amide bonds. The fourth-order valence-corrected chi connectivity index (χ4v) is 7.01. The molecule has 0 bridgehead atoms. The number of benzene rings is 3. The third-order valence-electron chi connectivity index (χ3n) is 7.49. The van der Waals surface area contributed by atoms with Crippen LogP contribution >= 0.6 is 0 Å². The first-order valence-corrected chi connectivity index (χ1v) is 14.4. The Morgan fingerprint density at radius 1 is 1.20 bits per heavy atom. The molecule has 1 aliphatic heterocycles. The molecule has 3 aromatic carbocycles. The monoisotopic (exact) mass is 564 g/mol. The number of methoxy groups -OCH3 is 1. The van der Waals surface area contributed by atoms with E-state index in [1.807, 2.05) is 45.0 Å². The van der Waals surface area contributed by atoms with Crippen LogP contribution in [-0.4, -0.2) is 58.6 Å². The molecule has 40 heavy (non-hydrogen) atoms. The van der Waals surface area contributed by atoms with Crippen molar-refractivity contribution in [1.82, 2.24) is 19.3 Å². The average molecular weight is 565 g/mol. The molecule has 1 aliphatic rings. The number of carboxylic acid groups (broad SMARTS) is 1. The predicted octanol–water partition coefficient (Wildman–Crippen LogP) is 4.17. The van der Waals surface area contributed by atoms with Gasteiger partial charge in [-0.15, -0.1) is 5.10 Å². The van der Waals surface area contributed by atoms with E-state index < -0.39 is 21.9 Å². The van der Waals surface area contributed by atoms with E-state index in [1.54, 1.807) is 43.1 Å². The summed E-state index contributed by atoms with van der Waals surface area (Å²) in [6.07, 6.45) is -0.520. The molecule has 0 aliphatic carbocycles. The molecule has 210 valence electrons. The van der Waals surface area contributed by atoms with Gasteiger partial charge in [-0.1, -0.05) is 35.5 Å². The molecule has 2 atom stereocenters. The van der Waals surface area contributed by atoms with Crippen molar-refractivity contribution in [2.24, 2.45) is 7.05 Å². The van der Waals surface area contributed by atoms with E-state index in [9.17, 15) is 18.3 Å². The van der Waals surface area contributed by atoms with Gasteiger partial charge >= 0.3 is 5.97 Å². The maximum Gasteiger partial charge on any atom is 0.304 e. The highest BCUT2D eigenvalue weighted by Gasteiger charge is 2.34. The van der Waals surface area contributed by atoms with Crippen LogP contribution in [0.1, 0.15) is 47.1 Å². The second-order valence-electron chi connectivity index (χ2n) is 10.2. The van der Waals surface area contributed by atoms with Crippen molar-refractivity contribution < 1.29 is 27.8 Å². The predicted molar refractivity (Wildman–Crippen MR) is 149 cm³/mol. The SMILES string of the molecule is COc1cc(C(CC(=O)O)c2ccc(C)c(CN3C[C@@H](C)Oc4ccccc4S3(=O)=O)c2)c(C)c2nnn(C)c12. The molecular formula is C29H32N4O6S. The molecule has 0 saturated heterocycles. The lowest BCUT2D eigenvalue weighted by Gasteiger charge is -2.24. The molecule has 0 radical (unpaired) electrons. The largest absolute Gasteiger partial charge is 0.494 e. The molecule has 0 spiro atoms. The minimum atomic E-state index is -3.83. The Labute approximate surface area is 233 Å². The van der Waals surface area contributed by atoms with Crippen LogP contribution < -0.4 is 9.47 Å². The summed E-state index contributed by atoms with van der Waals surface area (Å²) in [6, 6.07) is 14.2. The lowest BCUT2D eigenvalue weighted by atomic mass is 9.84. The molecule has 1 unspecified atom stereocenters. The second kappa shape index (κ2) is 10.5. The fraction of sp³-hybridized carbons (Fsp3) is 0.345. The molecule has 11 heteroatoms.